The van der Waals surface area contributed by atoms with E-state index in [0.717, 1.165) is 0 Å². The Labute approximate surface area is 113 Å². The molecule has 0 aromatic rings. The number of hydrogen-bond acceptors (Lipinski definition) is 3. The normalized spacial score (nSPS) is 32.1. The van der Waals surface area contributed by atoms with Crippen LogP contribution in [0.25, 0.3) is 0 Å². The van der Waals surface area contributed by atoms with Gasteiger partial charge in [-0.05, 0) is 10.8 Å². The number of carboxylic acid groups (broad SMARTS) is 1. The lowest BCUT2D eigenvalue weighted by Gasteiger charge is -2.27. The topological polar surface area (TPSA) is 66.8 Å². The fraction of sp³-hybridized carbons (Fsp3) is 0.857. The Morgan fingerprint density at radius 1 is 1.16 bits per heavy atom. The summed E-state index contributed by atoms with van der Waals surface area (Å²) in [4.78, 5) is 25.3. The average molecular weight is 269 g/mol. The minimum absolute atomic E-state index is 0.0312. The van der Waals surface area contributed by atoms with Crippen LogP contribution in [0, 0.1) is 22.7 Å². The van der Waals surface area contributed by atoms with E-state index in [4.69, 9.17) is 9.84 Å². The van der Waals surface area contributed by atoms with E-state index < -0.39 is 11.9 Å². The predicted octanol–water partition coefficient (Wildman–Crippen LogP) is 1.23. The third-order valence-electron chi connectivity index (χ3n) is 5.48. The summed E-state index contributed by atoms with van der Waals surface area (Å²) in [6.07, 6.45) is 0. The van der Waals surface area contributed by atoms with Gasteiger partial charge in [0, 0.05) is 13.0 Å². The summed E-state index contributed by atoms with van der Waals surface area (Å²) in [6, 6.07) is -0.350. The molecule has 2 atom stereocenters. The van der Waals surface area contributed by atoms with Gasteiger partial charge in [0.05, 0.1) is 19.3 Å². The number of aliphatic carboxylic acids is 1. The maximum absolute atomic E-state index is 12.6. The van der Waals surface area contributed by atoms with Crippen molar-refractivity contribution in [2.45, 2.75) is 33.7 Å². The molecule has 0 radical (unpaired) electrons. The Balaban J connectivity index is 2.11. The quantitative estimate of drug-likeness (QED) is 0.836. The number of amides is 1. The number of nitrogens with zero attached hydrogens (tertiary/aromatic N) is 1. The van der Waals surface area contributed by atoms with Crippen molar-refractivity contribution >= 4 is 11.9 Å². The summed E-state index contributed by atoms with van der Waals surface area (Å²) in [5, 5.41) is 9.16. The molecule has 19 heavy (non-hydrogen) atoms. The zero-order chi connectivity index (χ0) is 14.6. The molecule has 0 bridgehead atoms. The molecule has 5 nitrogen and oxygen atoms in total. The predicted molar refractivity (Wildman–Crippen MR) is 69.6 cm³/mol. The molecule has 0 aromatic carbocycles. The molecule has 0 spiro atoms. The Morgan fingerprint density at radius 3 is 2.11 bits per heavy atom. The highest BCUT2D eigenvalue weighted by Crippen LogP contribution is 2.68. The average Bonchev–Trinajstić information content (AvgIpc) is 2.71. The smallest absolute Gasteiger partial charge is 0.311 e. The number of carbonyl (C=O) groups excluding carboxylic acids is 1. The fourth-order valence-corrected chi connectivity index (χ4v) is 3.34. The van der Waals surface area contributed by atoms with E-state index in [0.29, 0.717) is 6.61 Å². The van der Waals surface area contributed by atoms with Crippen molar-refractivity contribution in [3.63, 3.8) is 0 Å². The molecule has 1 heterocycles. The van der Waals surface area contributed by atoms with E-state index in [1.807, 2.05) is 0 Å². The van der Waals surface area contributed by atoms with Gasteiger partial charge in [0.15, 0.2) is 0 Å². The first-order valence-electron chi connectivity index (χ1n) is 6.69. The van der Waals surface area contributed by atoms with Gasteiger partial charge < -0.3 is 14.7 Å². The van der Waals surface area contributed by atoms with Crippen LogP contribution >= 0.6 is 0 Å². The lowest BCUT2D eigenvalue weighted by Crippen LogP contribution is -2.45. The molecule has 108 valence electrons. The van der Waals surface area contributed by atoms with Crippen LogP contribution in [-0.4, -0.2) is 48.2 Å². The number of hydrogen-bond donors (Lipinski definition) is 1. The summed E-state index contributed by atoms with van der Waals surface area (Å²) in [7, 11) is 1.70. The molecule has 1 saturated carbocycles. The zero-order valence-corrected chi connectivity index (χ0v) is 12.3. The van der Waals surface area contributed by atoms with Crippen molar-refractivity contribution in [1.29, 1.82) is 0 Å². The molecule has 5 heteroatoms. The maximum atomic E-state index is 12.6. The summed E-state index contributed by atoms with van der Waals surface area (Å²) < 4.78 is 5.23. The second-order valence-electron chi connectivity index (χ2n) is 6.88. The van der Waals surface area contributed by atoms with Gasteiger partial charge in [-0.1, -0.05) is 27.7 Å². The van der Waals surface area contributed by atoms with Gasteiger partial charge >= 0.3 is 5.97 Å². The van der Waals surface area contributed by atoms with Gasteiger partial charge in [-0.25, -0.2) is 0 Å². The molecule has 2 unspecified atom stereocenters. The SMILES string of the molecule is CN(C(=O)C1C(C)(C)C1(C)C)C1COCC1C(=O)O. The van der Waals surface area contributed by atoms with Crippen molar-refractivity contribution in [3.8, 4) is 0 Å². The third kappa shape index (κ3) is 1.95. The van der Waals surface area contributed by atoms with Crippen LogP contribution in [-0.2, 0) is 14.3 Å². The summed E-state index contributed by atoms with van der Waals surface area (Å²) in [6.45, 7) is 8.85. The molecule has 2 aliphatic rings. The number of rotatable bonds is 3. The molecule has 2 rings (SSSR count). The van der Waals surface area contributed by atoms with E-state index in [1.54, 1.807) is 11.9 Å². The number of carbonyl (C=O) groups is 2. The van der Waals surface area contributed by atoms with Crippen molar-refractivity contribution in [2.24, 2.45) is 22.7 Å². The number of likely N-dealkylation sites (N-methyl/N-ethyl adjacent to an activating group) is 1. The van der Waals surface area contributed by atoms with Crippen LogP contribution in [0.5, 0.6) is 0 Å². The molecular formula is C14H23NO4. The van der Waals surface area contributed by atoms with Crippen LogP contribution in [0.3, 0.4) is 0 Å². The molecule has 1 aliphatic heterocycles. The van der Waals surface area contributed by atoms with Crippen molar-refractivity contribution in [3.05, 3.63) is 0 Å². The Morgan fingerprint density at radius 2 is 1.68 bits per heavy atom. The van der Waals surface area contributed by atoms with Crippen molar-refractivity contribution in [2.75, 3.05) is 20.3 Å². The molecule has 1 amide bonds. The third-order valence-corrected chi connectivity index (χ3v) is 5.48. The molecule has 1 saturated heterocycles. The molecule has 1 aliphatic carbocycles. The van der Waals surface area contributed by atoms with E-state index in [1.165, 1.54) is 0 Å². The van der Waals surface area contributed by atoms with Gasteiger partial charge in [0.1, 0.15) is 5.92 Å². The first-order chi connectivity index (χ1) is 8.62. The Hall–Kier alpha value is -1.10. The standard InChI is InChI=1S/C14H23NO4/c1-13(2)10(14(13,3)4)11(16)15(5)9-7-19-6-8(9)12(17)18/h8-10H,6-7H2,1-5H3,(H,17,18). The number of carboxylic acids is 1. The fourth-order valence-electron chi connectivity index (χ4n) is 3.34. The van der Waals surface area contributed by atoms with Gasteiger partial charge in [-0.15, -0.1) is 0 Å². The van der Waals surface area contributed by atoms with Crippen LogP contribution in [0.4, 0.5) is 0 Å². The summed E-state index contributed by atoms with van der Waals surface area (Å²) >= 11 is 0. The lowest BCUT2D eigenvalue weighted by atomic mass is 10.0. The first-order valence-corrected chi connectivity index (χ1v) is 6.69. The van der Waals surface area contributed by atoms with Crippen LogP contribution < -0.4 is 0 Å². The van der Waals surface area contributed by atoms with E-state index in [2.05, 4.69) is 27.7 Å². The first kappa shape index (κ1) is 14.3. The molecule has 1 N–H and O–H groups in total. The van der Waals surface area contributed by atoms with Gasteiger partial charge in [0.2, 0.25) is 5.91 Å². The summed E-state index contributed by atoms with van der Waals surface area (Å²) in [5.74, 6) is -1.51. The lowest BCUT2D eigenvalue weighted by molar-refractivity contribution is -0.145. The second kappa shape index (κ2) is 4.20. The number of ether oxygens (including phenoxy) is 1. The van der Waals surface area contributed by atoms with Crippen LogP contribution in [0.15, 0.2) is 0 Å². The van der Waals surface area contributed by atoms with E-state index >= 15 is 0 Å². The Kier molecular flexibility index (Phi) is 3.16. The van der Waals surface area contributed by atoms with Gasteiger partial charge in [-0.3, -0.25) is 9.59 Å². The zero-order valence-electron chi connectivity index (χ0n) is 12.3. The van der Waals surface area contributed by atoms with E-state index in [-0.39, 0.29) is 35.3 Å². The Bertz CT molecular complexity index is 402. The van der Waals surface area contributed by atoms with Crippen LogP contribution in [0.2, 0.25) is 0 Å². The largest absolute Gasteiger partial charge is 0.481 e. The second-order valence-corrected chi connectivity index (χ2v) is 6.88. The maximum Gasteiger partial charge on any atom is 0.311 e. The highest BCUT2D eigenvalue weighted by molar-refractivity contribution is 5.85. The molecular weight excluding hydrogens is 246 g/mol. The molecule has 2 fully saturated rings. The van der Waals surface area contributed by atoms with Crippen molar-refractivity contribution in [1.82, 2.24) is 4.90 Å². The van der Waals surface area contributed by atoms with Crippen LogP contribution in [0.1, 0.15) is 27.7 Å². The van der Waals surface area contributed by atoms with Crippen molar-refractivity contribution < 1.29 is 19.4 Å². The van der Waals surface area contributed by atoms with Gasteiger partial charge in [-0.2, -0.15) is 0 Å². The monoisotopic (exact) mass is 269 g/mol. The van der Waals surface area contributed by atoms with E-state index in [9.17, 15) is 9.59 Å². The minimum atomic E-state index is -0.892. The highest BCUT2D eigenvalue weighted by Gasteiger charge is 2.69. The minimum Gasteiger partial charge on any atom is -0.481 e. The summed E-state index contributed by atoms with van der Waals surface area (Å²) in [5.41, 5.74) is -0.0625. The molecule has 0 aromatic heterocycles. The highest BCUT2D eigenvalue weighted by atomic mass is 16.5. The van der Waals surface area contributed by atoms with Gasteiger partial charge in [0.25, 0.3) is 0 Å².